The fraction of sp³-hybridized carbons (Fsp3) is 0.778. The normalized spacial score (nSPS) is 22.3. The smallest absolute Gasteiger partial charge is 0.191 e. The molecule has 148 valence electrons. The summed E-state index contributed by atoms with van der Waals surface area (Å²) in [6.07, 6.45) is 6.98. The second-order valence-corrected chi connectivity index (χ2v) is 8.16. The predicted octanol–water partition coefficient (Wildman–Crippen LogP) is 2.71. The van der Waals surface area contributed by atoms with Crippen molar-refractivity contribution in [2.24, 2.45) is 16.6 Å². The molecule has 1 aromatic heterocycles. The van der Waals surface area contributed by atoms with Gasteiger partial charge in [-0.1, -0.05) is 6.92 Å². The Bertz CT molecular complexity index is 530. The molecule has 2 aliphatic heterocycles. The first-order valence-electron chi connectivity index (χ1n) is 9.64. The van der Waals surface area contributed by atoms with Gasteiger partial charge in [-0.15, -0.1) is 35.3 Å². The molecule has 3 rings (SSSR count). The molecule has 6 nitrogen and oxygen atoms in total. The Balaban J connectivity index is 0.00000243. The van der Waals surface area contributed by atoms with Crippen molar-refractivity contribution in [1.82, 2.24) is 14.8 Å². The van der Waals surface area contributed by atoms with E-state index in [1.807, 2.05) is 11.6 Å². The average molecular weight is 492 g/mol. The molecule has 1 aromatic rings. The zero-order chi connectivity index (χ0) is 17.5. The molecule has 0 aromatic carbocycles. The third kappa shape index (κ3) is 6.53. The number of aromatic nitrogens is 1. The van der Waals surface area contributed by atoms with Crippen LogP contribution >= 0.6 is 35.3 Å². The molecular formula is C18H33IN6S. The number of hydrogen-bond donors (Lipinski definition) is 1. The Kier molecular flexibility index (Phi) is 9.41. The summed E-state index contributed by atoms with van der Waals surface area (Å²) >= 11 is 1.70. The van der Waals surface area contributed by atoms with Gasteiger partial charge in [0, 0.05) is 50.8 Å². The van der Waals surface area contributed by atoms with Crippen LogP contribution in [-0.2, 0) is 0 Å². The van der Waals surface area contributed by atoms with E-state index in [0.717, 1.165) is 50.2 Å². The first kappa shape index (κ1) is 21.7. The average Bonchev–Trinajstić information content (AvgIpc) is 3.16. The highest BCUT2D eigenvalue weighted by atomic mass is 127. The highest BCUT2D eigenvalue weighted by Crippen LogP contribution is 2.19. The Hall–Kier alpha value is -0.610. The Labute approximate surface area is 178 Å². The van der Waals surface area contributed by atoms with Crippen molar-refractivity contribution in [3.8, 4) is 0 Å². The standard InChI is InChI=1S/C18H32N6S.HI/c1-16-5-4-9-22(15-16)8-3-2-6-20-17(19)23-10-12-24(13-11-23)18-21-7-14-25-18;/h7,14,16H,2-6,8-13,15H2,1H3,(H2,19,20);1H. The summed E-state index contributed by atoms with van der Waals surface area (Å²) in [6.45, 7) is 10.8. The highest BCUT2D eigenvalue weighted by Gasteiger charge is 2.19. The minimum atomic E-state index is 0. The number of halogens is 1. The molecule has 3 heterocycles. The van der Waals surface area contributed by atoms with Gasteiger partial charge in [-0.2, -0.15) is 0 Å². The third-order valence-corrected chi connectivity index (χ3v) is 6.02. The molecule has 0 spiro atoms. The van der Waals surface area contributed by atoms with Gasteiger partial charge < -0.3 is 20.4 Å². The van der Waals surface area contributed by atoms with E-state index in [0.29, 0.717) is 5.96 Å². The molecule has 0 amide bonds. The summed E-state index contributed by atoms with van der Waals surface area (Å²) in [6, 6.07) is 0. The van der Waals surface area contributed by atoms with Crippen LogP contribution in [-0.4, -0.2) is 73.1 Å². The molecule has 1 unspecified atom stereocenters. The fourth-order valence-corrected chi connectivity index (χ4v) is 4.43. The molecule has 0 radical (unpaired) electrons. The second kappa shape index (κ2) is 11.3. The van der Waals surface area contributed by atoms with Crippen LogP contribution in [0.3, 0.4) is 0 Å². The minimum absolute atomic E-state index is 0. The van der Waals surface area contributed by atoms with Crippen LogP contribution in [0.1, 0.15) is 32.6 Å². The molecule has 26 heavy (non-hydrogen) atoms. The van der Waals surface area contributed by atoms with Crippen LogP contribution < -0.4 is 10.6 Å². The van der Waals surface area contributed by atoms with Gasteiger partial charge in [0.05, 0.1) is 0 Å². The summed E-state index contributed by atoms with van der Waals surface area (Å²) in [7, 11) is 0. The number of likely N-dealkylation sites (tertiary alicyclic amines) is 1. The van der Waals surface area contributed by atoms with Gasteiger partial charge in [0.2, 0.25) is 0 Å². The zero-order valence-corrected chi connectivity index (χ0v) is 19.0. The fourth-order valence-electron chi connectivity index (χ4n) is 3.73. The number of hydrogen-bond acceptors (Lipinski definition) is 5. The van der Waals surface area contributed by atoms with Crippen LogP contribution in [0.2, 0.25) is 0 Å². The summed E-state index contributed by atoms with van der Waals surface area (Å²) in [4.78, 5) is 16.1. The highest BCUT2D eigenvalue weighted by molar-refractivity contribution is 14.0. The Morgan fingerprint density at radius 2 is 2.08 bits per heavy atom. The van der Waals surface area contributed by atoms with Gasteiger partial charge in [-0.25, -0.2) is 4.98 Å². The summed E-state index contributed by atoms with van der Waals surface area (Å²) in [5.74, 6) is 1.58. The number of piperidine rings is 1. The van der Waals surface area contributed by atoms with E-state index in [2.05, 4.69) is 31.6 Å². The number of piperazine rings is 1. The van der Waals surface area contributed by atoms with Crippen LogP contribution in [0.5, 0.6) is 0 Å². The van der Waals surface area contributed by atoms with E-state index >= 15 is 0 Å². The maximum absolute atomic E-state index is 6.19. The van der Waals surface area contributed by atoms with Crippen LogP contribution in [0.15, 0.2) is 16.6 Å². The van der Waals surface area contributed by atoms with E-state index in [9.17, 15) is 0 Å². The van der Waals surface area contributed by atoms with E-state index in [1.54, 1.807) is 11.3 Å². The number of aliphatic imine (C=N–C) groups is 1. The first-order valence-corrected chi connectivity index (χ1v) is 10.5. The molecule has 1 atom stereocenters. The van der Waals surface area contributed by atoms with Gasteiger partial charge in [-0.3, -0.25) is 4.99 Å². The maximum Gasteiger partial charge on any atom is 0.191 e. The lowest BCUT2D eigenvalue weighted by molar-refractivity contribution is 0.181. The SMILES string of the molecule is CC1CCCN(CCCCN=C(N)N2CCN(c3nccs3)CC2)C1.I. The molecule has 0 saturated carbocycles. The number of guanidine groups is 1. The predicted molar refractivity (Wildman–Crippen MR) is 122 cm³/mol. The minimum Gasteiger partial charge on any atom is -0.370 e. The van der Waals surface area contributed by atoms with Crippen LogP contribution in [0.4, 0.5) is 5.13 Å². The van der Waals surface area contributed by atoms with Gasteiger partial charge >= 0.3 is 0 Å². The van der Waals surface area contributed by atoms with Crippen LogP contribution in [0, 0.1) is 5.92 Å². The van der Waals surface area contributed by atoms with Crippen molar-refractivity contribution >= 4 is 46.4 Å². The molecular weight excluding hydrogens is 459 g/mol. The van der Waals surface area contributed by atoms with Gasteiger partial charge in [-0.05, 0) is 44.7 Å². The first-order chi connectivity index (χ1) is 12.2. The molecule has 2 N–H and O–H groups in total. The lowest BCUT2D eigenvalue weighted by Crippen LogP contribution is -2.51. The second-order valence-electron chi connectivity index (χ2n) is 7.28. The molecule has 2 saturated heterocycles. The molecule has 2 aliphatic rings. The van der Waals surface area contributed by atoms with Crippen molar-refractivity contribution in [3.05, 3.63) is 11.6 Å². The number of nitrogens with zero attached hydrogens (tertiary/aromatic N) is 5. The van der Waals surface area contributed by atoms with E-state index in [-0.39, 0.29) is 24.0 Å². The van der Waals surface area contributed by atoms with Crippen molar-refractivity contribution in [1.29, 1.82) is 0 Å². The third-order valence-electron chi connectivity index (χ3n) is 5.19. The summed E-state index contributed by atoms with van der Waals surface area (Å²) in [5, 5.41) is 3.14. The lowest BCUT2D eigenvalue weighted by Gasteiger charge is -2.35. The Morgan fingerprint density at radius 1 is 1.27 bits per heavy atom. The lowest BCUT2D eigenvalue weighted by atomic mass is 10.0. The quantitative estimate of drug-likeness (QED) is 0.287. The van der Waals surface area contributed by atoms with E-state index < -0.39 is 0 Å². The summed E-state index contributed by atoms with van der Waals surface area (Å²) in [5.41, 5.74) is 6.19. The number of anilines is 1. The maximum atomic E-state index is 6.19. The van der Waals surface area contributed by atoms with Crippen molar-refractivity contribution in [2.45, 2.75) is 32.6 Å². The Morgan fingerprint density at radius 3 is 2.77 bits per heavy atom. The monoisotopic (exact) mass is 492 g/mol. The van der Waals surface area contributed by atoms with E-state index in [1.165, 1.54) is 38.9 Å². The topological polar surface area (TPSA) is 61.0 Å². The molecule has 0 aliphatic carbocycles. The van der Waals surface area contributed by atoms with Crippen LogP contribution in [0.25, 0.3) is 0 Å². The number of rotatable bonds is 6. The molecule has 2 fully saturated rings. The largest absolute Gasteiger partial charge is 0.370 e. The van der Waals surface area contributed by atoms with Gasteiger partial charge in [0.15, 0.2) is 11.1 Å². The van der Waals surface area contributed by atoms with Crippen molar-refractivity contribution in [2.75, 3.05) is 57.3 Å². The van der Waals surface area contributed by atoms with Gasteiger partial charge in [0.1, 0.15) is 0 Å². The molecule has 0 bridgehead atoms. The number of unbranched alkanes of at least 4 members (excludes halogenated alkanes) is 1. The van der Waals surface area contributed by atoms with Crippen molar-refractivity contribution in [3.63, 3.8) is 0 Å². The number of nitrogens with two attached hydrogens (primary N) is 1. The molecule has 8 heteroatoms. The summed E-state index contributed by atoms with van der Waals surface area (Å²) < 4.78 is 0. The van der Waals surface area contributed by atoms with Crippen molar-refractivity contribution < 1.29 is 0 Å². The number of thiazole rings is 1. The zero-order valence-electron chi connectivity index (χ0n) is 15.8. The van der Waals surface area contributed by atoms with Gasteiger partial charge in [0.25, 0.3) is 0 Å². The van der Waals surface area contributed by atoms with E-state index in [4.69, 9.17) is 5.73 Å².